The van der Waals surface area contributed by atoms with Crippen LogP contribution in [0.25, 0.3) is 6.08 Å². The lowest BCUT2D eigenvalue weighted by Crippen LogP contribution is -2.24. The predicted molar refractivity (Wildman–Crippen MR) is 135 cm³/mol. The van der Waals surface area contributed by atoms with Crippen LogP contribution in [-0.4, -0.2) is 28.8 Å². The Bertz CT molecular complexity index is 1070. The van der Waals surface area contributed by atoms with Crippen molar-refractivity contribution in [3.63, 3.8) is 0 Å². The summed E-state index contributed by atoms with van der Waals surface area (Å²) in [5.41, 5.74) is 4.01. The first-order valence-electron chi connectivity index (χ1n) is 11.5. The summed E-state index contributed by atoms with van der Waals surface area (Å²) in [5.74, 6) is 1.60. The highest BCUT2D eigenvalue weighted by Crippen LogP contribution is 2.28. The highest BCUT2D eigenvalue weighted by atomic mass is 16.5. The molecule has 0 aliphatic heterocycles. The lowest BCUT2D eigenvalue weighted by atomic mass is 9.95. The van der Waals surface area contributed by atoms with Gasteiger partial charge in [-0.1, -0.05) is 37.5 Å². The van der Waals surface area contributed by atoms with E-state index in [1.807, 2.05) is 54.6 Å². The van der Waals surface area contributed by atoms with E-state index in [9.17, 15) is 0 Å². The Morgan fingerprint density at radius 1 is 1.03 bits per heavy atom. The number of benzene rings is 1. The topological polar surface area (TPSA) is 82.9 Å². The summed E-state index contributed by atoms with van der Waals surface area (Å²) in [6.45, 7) is 0.640. The zero-order chi connectivity index (χ0) is 22.9. The highest BCUT2D eigenvalue weighted by Gasteiger charge is 2.19. The maximum atomic E-state index is 8.86. The van der Waals surface area contributed by atoms with Gasteiger partial charge in [-0.3, -0.25) is 4.98 Å². The van der Waals surface area contributed by atoms with Crippen LogP contribution in [0.1, 0.15) is 48.9 Å². The number of aromatic nitrogens is 2. The summed E-state index contributed by atoms with van der Waals surface area (Å²) < 4.78 is 5.26. The molecule has 3 N–H and O–H groups in total. The molecule has 6 nitrogen and oxygen atoms in total. The minimum atomic E-state index is 0.393. The third-order valence-corrected chi connectivity index (χ3v) is 5.92. The van der Waals surface area contributed by atoms with Gasteiger partial charge < -0.3 is 20.8 Å². The van der Waals surface area contributed by atoms with Crippen molar-refractivity contribution < 1.29 is 4.74 Å². The van der Waals surface area contributed by atoms with Gasteiger partial charge in [-0.05, 0) is 60.9 Å². The summed E-state index contributed by atoms with van der Waals surface area (Å²) in [4.78, 5) is 8.96. The maximum Gasteiger partial charge on any atom is 0.137 e. The van der Waals surface area contributed by atoms with E-state index >= 15 is 0 Å². The molecule has 0 radical (unpaired) electrons. The van der Waals surface area contributed by atoms with Crippen LogP contribution in [0.15, 0.2) is 67.0 Å². The monoisotopic (exact) mass is 441 g/mol. The van der Waals surface area contributed by atoms with Crippen LogP contribution in [-0.2, 0) is 6.54 Å². The number of allylic oxidation sites excluding steroid dienone is 1. The number of hydrogen-bond acceptors (Lipinski definition) is 6. The Balaban J connectivity index is 1.58. The molecule has 1 saturated carbocycles. The number of nitrogens with one attached hydrogen (secondary N) is 3. The van der Waals surface area contributed by atoms with Crippen LogP contribution in [0.3, 0.4) is 0 Å². The van der Waals surface area contributed by atoms with Gasteiger partial charge in [-0.25, -0.2) is 4.98 Å². The van der Waals surface area contributed by atoms with E-state index in [1.165, 1.54) is 19.3 Å². The molecule has 0 saturated heterocycles. The Morgan fingerprint density at radius 2 is 1.85 bits per heavy atom. The number of methoxy groups -OCH3 is 1. The Kier molecular flexibility index (Phi) is 7.69. The van der Waals surface area contributed by atoms with Crippen LogP contribution in [0, 0.1) is 5.41 Å². The third kappa shape index (κ3) is 6.19. The third-order valence-electron chi connectivity index (χ3n) is 5.92. The Morgan fingerprint density at radius 3 is 2.58 bits per heavy atom. The SMILES string of the molecule is COc1ccc(CNc2ccnc(NC3CCCCC3)c2C(=N)/C=C/c2ccccn2)cc1. The predicted octanol–water partition coefficient (Wildman–Crippen LogP) is 5.92. The molecular formula is C27H31N5O. The van der Waals surface area contributed by atoms with E-state index < -0.39 is 0 Å². The van der Waals surface area contributed by atoms with Crippen molar-refractivity contribution in [1.29, 1.82) is 5.41 Å². The molecule has 2 heterocycles. The zero-order valence-corrected chi connectivity index (χ0v) is 19.1. The van der Waals surface area contributed by atoms with Crippen molar-refractivity contribution in [1.82, 2.24) is 9.97 Å². The van der Waals surface area contributed by atoms with Crippen LogP contribution < -0.4 is 15.4 Å². The van der Waals surface area contributed by atoms with Gasteiger partial charge in [0.1, 0.15) is 11.6 Å². The molecule has 1 aromatic carbocycles. The molecule has 0 atom stereocenters. The summed E-state index contributed by atoms with van der Waals surface area (Å²) in [5, 5.41) is 16.0. The van der Waals surface area contributed by atoms with E-state index in [0.29, 0.717) is 18.3 Å². The molecule has 0 amide bonds. The van der Waals surface area contributed by atoms with Crippen molar-refractivity contribution in [3.05, 3.63) is 83.8 Å². The number of rotatable bonds is 9. The smallest absolute Gasteiger partial charge is 0.137 e. The molecule has 0 bridgehead atoms. The Labute approximate surface area is 195 Å². The van der Waals surface area contributed by atoms with E-state index in [4.69, 9.17) is 10.1 Å². The first-order valence-corrected chi connectivity index (χ1v) is 11.5. The minimum Gasteiger partial charge on any atom is -0.497 e. The van der Waals surface area contributed by atoms with Crippen LogP contribution in [0.4, 0.5) is 11.5 Å². The van der Waals surface area contributed by atoms with Gasteiger partial charge in [0.15, 0.2) is 0 Å². The molecule has 3 aromatic rings. The Hall–Kier alpha value is -3.67. The number of ether oxygens (including phenoxy) is 1. The quantitative estimate of drug-likeness (QED) is 0.359. The molecule has 1 aliphatic carbocycles. The van der Waals surface area contributed by atoms with Gasteiger partial charge in [0.25, 0.3) is 0 Å². The lowest BCUT2D eigenvalue weighted by molar-refractivity contribution is 0.414. The fourth-order valence-electron chi connectivity index (χ4n) is 4.10. The normalized spacial score (nSPS) is 14.2. The van der Waals surface area contributed by atoms with Gasteiger partial charge in [0, 0.05) is 30.7 Å². The average Bonchev–Trinajstić information content (AvgIpc) is 2.87. The van der Waals surface area contributed by atoms with Gasteiger partial charge in [-0.15, -0.1) is 0 Å². The molecule has 170 valence electrons. The van der Waals surface area contributed by atoms with Crippen LogP contribution >= 0.6 is 0 Å². The average molecular weight is 442 g/mol. The minimum absolute atomic E-state index is 0.393. The van der Waals surface area contributed by atoms with Gasteiger partial charge in [0.05, 0.1) is 24.1 Å². The second-order valence-corrected chi connectivity index (χ2v) is 8.26. The van der Waals surface area contributed by atoms with E-state index in [-0.39, 0.29) is 0 Å². The molecule has 4 rings (SSSR count). The first kappa shape index (κ1) is 22.5. The fraction of sp³-hybridized carbons (Fsp3) is 0.296. The van der Waals surface area contributed by atoms with E-state index in [2.05, 4.69) is 20.6 Å². The summed E-state index contributed by atoms with van der Waals surface area (Å²) >= 11 is 0. The number of hydrogen-bond donors (Lipinski definition) is 3. The lowest BCUT2D eigenvalue weighted by Gasteiger charge is -2.25. The van der Waals surface area contributed by atoms with Crippen LogP contribution in [0.2, 0.25) is 0 Å². The van der Waals surface area contributed by atoms with Gasteiger partial charge >= 0.3 is 0 Å². The second-order valence-electron chi connectivity index (χ2n) is 8.26. The summed E-state index contributed by atoms with van der Waals surface area (Å²) in [6, 6.07) is 16.1. The van der Waals surface area contributed by atoms with Crippen molar-refractivity contribution in [2.24, 2.45) is 0 Å². The molecule has 1 aliphatic rings. The number of anilines is 2. The molecule has 1 fully saturated rings. The molecule has 6 heteroatoms. The molecule has 33 heavy (non-hydrogen) atoms. The largest absolute Gasteiger partial charge is 0.497 e. The number of nitrogens with zero attached hydrogens (tertiary/aromatic N) is 2. The van der Waals surface area contributed by atoms with Crippen LogP contribution in [0.5, 0.6) is 5.75 Å². The van der Waals surface area contributed by atoms with Gasteiger partial charge in [0.2, 0.25) is 0 Å². The van der Waals surface area contributed by atoms with Gasteiger partial charge in [-0.2, -0.15) is 0 Å². The van der Waals surface area contributed by atoms with E-state index in [1.54, 1.807) is 25.6 Å². The van der Waals surface area contributed by atoms with E-state index in [0.717, 1.165) is 46.9 Å². The fourth-order valence-corrected chi connectivity index (χ4v) is 4.10. The van der Waals surface area contributed by atoms with Crippen molar-refractivity contribution in [2.75, 3.05) is 17.7 Å². The van der Waals surface area contributed by atoms with Crippen molar-refractivity contribution in [2.45, 2.75) is 44.7 Å². The molecule has 2 aromatic heterocycles. The first-order chi connectivity index (χ1) is 16.2. The summed E-state index contributed by atoms with van der Waals surface area (Å²) in [7, 11) is 1.67. The molecule has 0 spiro atoms. The molecule has 0 unspecified atom stereocenters. The van der Waals surface area contributed by atoms with Crippen molar-refractivity contribution >= 4 is 23.3 Å². The zero-order valence-electron chi connectivity index (χ0n) is 19.1. The summed E-state index contributed by atoms with van der Waals surface area (Å²) in [6.07, 6.45) is 13.3. The standard InChI is InChI=1S/C27H31N5O/c1-33-23-13-10-20(11-14-23)19-31-25-16-18-30-27(32-22-8-3-2-4-9-22)26(25)24(28)15-12-21-7-5-6-17-29-21/h5-7,10-18,22,28H,2-4,8-9,19H2,1H3,(H2,30,31,32)/b15-12+,28-24?. The number of pyridine rings is 2. The second kappa shape index (κ2) is 11.3. The maximum absolute atomic E-state index is 8.86. The highest BCUT2D eigenvalue weighted by molar-refractivity contribution is 6.15. The van der Waals surface area contributed by atoms with Crippen molar-refractivity contribution in [3.8, 4) is 5.75 Å². The molecular weight excluding hydrogens is 410 g/mol.